The van der Waals surface area contributed by atoms with Crippen LogP contribution in [0.15, 0.2) is 77.8 Å². The average Bonchev–Trinajstić information content (AvgIpc) is 2.92. The number of piperazine rings is 1. The molecule has 5 rings (SSSR count). The van der Waals surface area contributed by atoms with Gasteiger partial charge in [0.1, 0.15) is 0 Å². The molecule has 3 aromatic carbocycles. The molecule has 0 atom stereocenters. The Balaban J connectivity index is 1.35. The molecule has 1 fully saturated rings. The number of imide groups is 1. The molecule has 0 aliphatic carbocycles. The van der Waals surface area contributed by atoms with Crippen molar-refractivity contribution in [2.24, 2.45) is 5.14 Å². The molecular weight excluding hydrogens is 514 g/mol. The van der Waals surface area contributed by atoms with Crippen LogP contribution < -0.4 is 20.7 Å². The molecule has 9 nitrogen and oxygen atoms in total. The van der Waals surface area contributed by atoms with Gasteiger partial charge in [-0.05, 0) is 66.7 Å². The van der Waals surface area contributed by atoms with Crippen LogP contribution in [0, 0.1) is 0 Å². The first-order chi connectivity index (χ1) is 18.7. The molecule has 2 aliphatic rings. The molecule has 39 heavy (non-hydrogen) atoms. The number of likely N-dealkylation sites (N-methyl/N-ethyl adjacent to an activating group) is 1. The number of carbonyl (C=O) groups excluding carboxylic acids is 2. The first kappa shape index (κ1) is 26.4. The highest BCUT2D eigenvalue weighted by atomic mass is 32.2. The van der Waals surface area contributed by atoms with Gasteiger partial charge in [0.25, 0.3) is 11.8 Å². The molecule has 0 aromatic heterocycles. The van der Waals surface area contributed by atoms with Gasteiger partial charge in [0.2, 0.25) is 10.0 Å². The van der Waals surface area contributed by atoms with E-state index in [-0.39, 0.29) is 4.90 Å². The molecule has 0 radical (unpaired) electrons. The van der Waals surface area contributed by atoms with E-state index in [1.54, 1.807) is 36.5 Å². The Morgan fingerprint density at radius 2 is 1.46 bits per heavy atom. The second-order valence-corrected chi connectivity index (χ2v) is 11.1. The number of anilines is 2. The van der Waals surface area contributed by atoms with Crippen molar-refractivity contribution in [3.05, 3.63) is 95.2 Å². The molecule has 3 aromatic rings. The van der Waals surface area contributed by atoms with Gasteiger partial charge in [-0.3, -0.25) is 14.9 Å². The Kier molecular flexibility index (Phi) is 7.34. The van der Waals surface area contributed by atoms with E-state index in [4.69, 9.17) is 5.14 Å². The standard InChI is InChI=1S/C29H29N5O4S/c1-33-14-16-34(17-15-33)23-9-7-22(8-10-23)31-19-27-26-18-21(6-13-25(26)28(35)32-29(27)36)3-2-20-4-11-24(12-5-20)39(30,37)38/h2-13,18-19,31H,14-17H2,1H3,(H2,30,37,38)(H,32,35,36). The van der Waals surface area contributed by atoms with Crippen molar-refractivity contribution in [3.8, 4) is 0 Å². The Morgan fingerprint density at radius 1 is 0.821 bits per heavy atom. The highest BCUT2D eigenvalue weighted by Gasteiger charge is 2.27. The van der Waals surface area contributed by atoms with Gasteiger partial charge >= 0.3 is 0 Å². The molecule has 0 bridgehead atoms. The van der Waals surface area contributed by atoms with Crippen molar-refractivity contribution in [2.75, 3.05) is 43.4 Å². The lowest BCUT2D eigenvalue weighted by Gasteiger charge is -2.34. The van der Waals surface area contributed by atoms with Crippen LogP contribution in [0.4, 0.5) is 11.4 Å². The molecular formula is C29H29N5O4S. The van der Waals surface area contributed by atoms with Crippen LogP contribution in [0.1, 0.15) is 27.0 Å². The van der Waals surface area contributed by atoms with E-state index >= 15 is 0 Å². The summed E-state index contributed by atoms with van der Waals surface area (Å²) in [5.74, 6) is -0.924. The molecule has 1 saturated heterocycles. The number of rotatable bonds is 6. The molecule has 0 spiro atoms. The minimum atomic E-state index is -3.76. The summed E-state index contributed by atoms with van der Waals surface area (Å²) in [5.41, 5.74) is 4.80. The molecule has 0 unspecified atom stereocenters. The fraction of sp³-hybridized carbons (Fsp3) is 0.172. The van der Waals surface area contributed by atoms with Gasteiger partial charge in [-0.2, -0.15) is 0 Å². The van der Waals surface area contributed by atoms with E-state index < -0.39 is 21.8 Å². The fourth-order valence-electron chi connectivity index (χ4n) is 4.54. The number of primary sulfonamides is 1. The first-order valence-electron chi connectivity index (χ1n) is 12.5. The number of carbonyl (C=O) groups is 2. The summed E-state index contributed by atoms with van der Waals surface area (Å²) in [6.07, 6.45) is 5.25. The summed E-state index contributed by atoms with van der Waals surface area (Å²) in [6, 6.07) is 19.5. The van der Waals surface area contributed by atoms with Gasteiger partial charge in [0, 0.05) is 54.9 Å². The van der Waals surface area contributed by atoms with Gasteiger partial charge in [0.05, 0.1) is 10.5 Å². The predicted molar refractivity (Wildman–Crippen MR) is 153 cm³/mol. The predicted octanol–water partition coefficient (Wildman–Crippen LogP) is 2.98. The van der Waals surface area contributed by atoms with Crippen molar-refractivity contribution in [3.63, 3.8) is 0 Å². The van der Waals surface area contributed by atoms with Crippen molar-refractivity contribution in [2.45, 2.75) is 4.90 Å². The molecule has 2 aliphatic heterocycles. The van der Waals surface area contributed by atoms with Crippen LogP contribution in [-0.4, -0.2) is 58.4 Å². The van der Waals surface area contributed by atoms with Crippen LogP contribution in [0.3, 0.4) is 0 Å². The van der Waals surface area contributed by atoms with Crippen LogP contribution in [0.25, 0.3) is 17.7 Å². The van der Waals surface area contributed by atoms with Crippen LogP contribution >= 0.6 is 0 Å². The highest BCUT2D eigenvalue weighted by Crippen LogP contribution is 2.27. The third-order valence-electron chi connectivity index (χ3n) is 6.85. The minimum Gasteiger partial charge on any atom is -0.369 e. The SMILES string of the molecule is CN1CCN(c2ccc(NC=C3C(=O)NC(=O)c4ccc(C=Cc5ccc(S(N)(=O)=O)cc5)cc43)cc2)CC1. The molecule has 2 heterocycles. The number of hydrogen-bond donors (Lipinski definition) is 3. The Hall–Kier alpha value is -4.25. The van der Waals surface area contributed by atoms with E-state index in [0.29, 0.717) is 16.7 Å². The summed E-state index contributed by atoms with van der Waals surface area (Å²) in [7, 11) is -1.63. The van der Waals surface area contributed by atoms with Gasteiger partial charge in [-0.1, -0.05) is 30.4 Å². The third-order valence-corrected chi connectivity index (χ3v) is 7.78. The number of amides is 2. The summed E-state index contributed by atoms with van der Waals surface area (Å²) in [5, 5.41) is 10.7. The number of nitrogens with zero attached hydrogens (tertiary/aromatic N) is 2. The lowest BCUT2D eigenvalue weighted by atomic mass is 9.93. The maximum absolute atomic E-state index is 12.8. The van der Waals surface area contributed by atoms with Crippen LogP contribution in [-0.2, 0) is 14.8 Å². The maximum atomic E-state index is 12.8. The number of nitrogens with two attached hydrogens (primary N) is 1. The second kappa shape index (κ2) is 10.9. The summed E-state index contributed by atoms with van der Waals surface area (Å²) < 4.78 is 22.9. The lowest BCUT2D eigenvalue weighted by Crippen LogP contribution is -2.44. The van der Waals surface area contributed by atoms with E-state index in [9.17, 15) is 18.0 Å². The van der Waals surface area contributed by atoms with Gasteiger partial charge in [-0.25, -0.2) is 13.6 Å². The first-order valence-corrected chi connectivity index (χ1v) is 14.0. The van der Waals surface area contributed by atoms with E-state index in [1.165, 1.54) is 12.1 Å². The fourth-order valence-corrected chi connectivity index (χ4v) is 5.05. The molecule has 0 saturated carbocycles. The summed E-state index contributed by atoms with van der Waals surface area (Å²) >= 11 is 0. The van der Waals surface area contributed by atoms with E-state index in [0.717, 1.165) is 48.7 Å². The number of nitrogens with one attached hydrogen (secondary N) is 2. The Morgan fingerprint density at radius 3 is 2.13 bits per heavy atom. The number of fused-ring (bicyclic) bond motifs is 1. The number of benzene rings is 3. The monoisotopic (exact) mass is 543 g/mol. The Labute approximate surface area is 227 Å². The molecule has 200 valence electrons. The van der Waals surface area contributed by atoms with Gasteiger partial charge in [-0.15, -0.1) is 0 Å². The quantitative estimate of drug-likeness (QED) is 0.248. The normalized spacial score (nSPS) is 17.4. The van der Waals surface area contributed by atoms with Crippen molar-refractivity contribution in [1.82, 2.24) is 10.2 Å². The molecule has 10 heteroatoms. The van der Waals surface area contributed by atoms with E-state index in [1.807, 2.05) is 24.3 Å². The van der Waals surface area contributed by atoms with Crippen LogP contribution in [0.2, 0.25) is 0 Å². The zero-order chi connectivity index (χ0) is 27.6. The lowest BCUT2D eigenvalue weighted by molar-refractivity contribution is -0.114. The van der Waals surface area contributed by atoms with Crippen molar-refractivity contribution in [1.29, 1.82) is 0 Å². The van der Waals surface area contributed by atoms with Crippen LogP contribution in [0.5, 0.6) is 0 Å². The highest BCUT2D eigenvalue weighted by molar-refractivity contribution is 7.89. The molecule has 4 N–H and O–H groups in total. The van der Waals surface area contributed by atoms with Gasteiger partial charge < -0.3 is 15.1 Å². The zero-order valence-electron chi connectivity index (χ0n) is 21.4. The van der Waals surface area contributed by atoms with Crippen molar-refractivity contribution < 1.29 is 18.0 Å². The third kappa shape index (κ3) is 6.09. The zero-order valence-corrected chi connectivity index (χ0v) is 22.2. The average molecular weight is 544 g/mol. The number of sulfonamides is 1. The summed E-state index contributed by atoms with van der Waals surface area (Å²) in [4.78, 5) is 29.9. The van der Waals surface area contributed by atoms with E-state index in [2.05, 4.69) is 39.6 Å². The Bertz CT molecular complexity index is 1570. The topological polar surface area (TPSA) is 125 Å². The molecule has 2 amide bonds. The minimum absolute atomic E-state index is 0.0363. The summed E-state index contributed by atoms with van der Waals surface area (Å²) in [6.45, 7) is 4.02. The van der Waals surface area contributed by atoms with Gasteiger partial charge in [0.15, 0.2) is 0 Å². The second-order valence-electron chi connectivity index (χ2n) is 9.58. The largest absolute Gasteiger partial charge is 0.369 e. The number of hydrogen-bond acceptors (Lipinski definition) is 7. The maximum Gasteiger partial charge on any atom is 0.260 e. The smallest absolute Gasteiger partial charge is 0.260 e. The van der Waals surface area contributed by atoms with Crippen molar-refractivity contribution >= 4 is 50.9 Å².